The summed E-state index contributed by atoms with van der Waals surface area (Å²) < 4.78 is 0. The van der Waals surface area contributed by atoms with Crippen molar-refractivity contribution in [3.8, 4) is 0 Å². The maximum Gasteiger partial charge on any atom is 0.268 e. The van der Waals surface area contributed by atoms with E-state index in [9.17, 15) is 9.59 Å². The fourth-order valence-electron chi connectivity index (χ4n) is 3.24. The molecule has 114 valence electrons. The number of nitrogens with one attached hydrogen (secondary N) is 2. The van der Waals surface area contributed by atoms with Gasteiger partial charge in [-0.1, -0.05) is 36.4 Å². The number of para-hydroxylation sites is 1. The molecule has 0 radical (unpaired) electrons. The fraction of sp³-hybridized carbons (Fsp3) is 0.158. The minimum absolute atomic E-state index is 0.0786. The van der Waals surface area contributed by atoms with Gasteiger partial charge in [0, 0.05) is 23.0 Å². The van der Waals surface area contributed by atoms with Crippen LogP contribution in [0.4, 0.5) is 0 Å². The summed E-state index contributed by atoms with van der Waals surface area (Å²) in [5.41, 5.74) is 3.42. The van der Waals surface area contributed by atoms with E-state index in [0.29, 0.717) is 16.6 Å². The van der Waals surface area contributed by atoms with E-state index in [4.69, 9.17) is 0 Å². The molecule has 1 aliphatic carbocycles. The molecular formula is C19H16N2O2. The minimum Gasteiger partial charge on any atom is -0.350 e. The summed E-state index contributed by atoms with van der Waals surface area (Å²) in [6.07, 6.45) is 1.67. The van der Waals surface area contributed by atoms with Gasteiger partial charge in [-0.15, -0.1) is 0 Å². The standard InChI is InChI=1S/C19H16N2O2/c22-18-11-17(21-16-8-4-3-7-15(16)18)19(23)20-14-9-12-5-1-2-6-13(12)10-14/h1-8,11,14H,9-10H2,(H,20,23)(H,21,22). The van der Waals surface area contributed by atoms with Crippen molar-refractivity contribution >= 4 is 16.8 Å². The number of rotatable bonds is 2. The molecule has 1 amide bonds. The van der Waals surface area contributed by atoms with Crippen LogP contribution in [0.5, 0.6) is 0 Å². The number of carbonyl (C=O) groups excluding carboxylic acids is 1. The van der Waals surface area contributed by atoms with Crippen LogP contribution in [0, 0.1) is 0 Å². The third-order valence-corrected chi connectivity index (χ3v) is 4.37. The molecule has 0 fully saturated rings. The molecule has 0 atom stereocenters. The zero-order valence-electron chi connectivity index (χ0n) is 12.5. The number of amides is 1. The number of pyridine rings is 1. The second kappa shape index (κ2) is 5.39. The molecular weight excluding hydrogens is 288 g/mol. The van der Waals surface area contributed by atoms with E-state index in [1.807, 2.05) is 24.3 Å². The number of hydrogen-bond acceptors (Lipinski definition) is 2. The Labute approximate surface area is 133 Å². The Kier molecular flexibility index (Phi) is 3.23. The van der Waals surface area contributed by atoms with Crippen LogP contribution >= 0.6 is 0 Å². The van der Waals surface area contributed by atoms with Crippen molar-refractivity contribution in [2.24, 2.45) is 0 Å². The Bertz CT molecular complexity index is 934. The van der Waals surface area contributed by atoms with Crippen molar-refractivity contribution in [1.82, 2.24) is 10.3 Å². The maximum absolute atomic E-state index is 12.5. The lowest BCUT2D eigenvalue weighted by Crippen LogP contribution is -2.36. The van der Waals surface area contributed by atoms with Crippen molar-refractivity contribution in [2.45, 2.75) is 18.9 Å². The topological polar surface area (TPSA) is 62.0 Å². The van der Waals surface area contributed by atoms with E-state index < -0.39 is 0 Å². The summed E-state index contributed by atoms with van der Waals surface area (Å²) in [7, 11) is 0. The highest BCUT2D eigenvalue weighted by molar-refractivity contribution is 5.95. The number of H-pyrrole nitrogens is 1. The van der Waals surface area contributed by atoms with Crippen LogP contribution in [0.2, 0.25) is 0 Å². The highest BCUT2D eigenvalue weighted by Crippen LogP contribution is 2.21. The van der Waals surface area contributed by atoms with Crippen molar-refractivity contribution in [3.63, 3.8) is 0 Å². The average molecular weight is 304 g/mol. The molecule has 23 heavy (non-hydrogen) atoms. The fourth-order valence-corrected chi connectivity index (χ4v) is 3.24. The van der Waals surface area contributed by atoms with Crippen LogP contribution in [0.15, 0.2) is 59.4 Å². The Morgan fingerprint density at radius 3 is 2.39 bits per heavy atom. The highest BCUT2D eigenvalue weighted by atomic mass is 16.2. The van der Waals surface area contributed by atoms with Crippen LogP contribution in [-0.4, -0.2) is 16.9 Å². The molecule has 2 aromatic carbocycles. The van der Waals surface area contributed by atoms with E-state index in [-0.39, 0.29) is 17.4 Å². The largest absolute Gasteiger partial charge is 0.350 e. The zero-order chi connectivity index (χ0) is 15.8. The Hall–Kier alpha value is -2.88. The van der Waals surface area contributed by atoms with Gasteiger partial charge in [-0.3, -0.25) is 9.59 Å². The minimum atomic E-state index is -0.231. The molecule has 0 unspecified atom stereocenters. The first kappa shape index (κ1) is 13.8. The summed E-state index contributed by atoms with van der Waals surface area (Å²) >= 11 is 0. The smallest absolute Gasteiger partial charge is 0.268 e. The van der Waals surface area contributed by atoms with E-state index >= 15 is 0 Å². The van der Waals surface area contributed by atoms with Gasteiger partial charge in [0.1, 0.15) is 5.69 Å². The lowest BCUT2D eigenvalue weighted by molar-refractivity contribution is 0.0934. The molecule has 0 saturated heterocycles. The maximum atomic E-state index is 12.5. The summed E-state index contributed by atoms with van der Waals surface area (Å²) in [5.74, 6) is -0.231. The number of carbonyl (C=O) groups is 1. The van der Waals surface area contributed by atoms with Gasteiger partial charge < -0.3 is 10.3 Å². The zero-order valence-corrected chi connectivity index (χ0v) is 12.5. The van der Waals surface area contributed by atoms with Gasteiger partial charge in [0.15, 0.2) is 5.43 Å². The van der Waals surface area contributed by atoms with Crippen LogP contribution in [0.3, 0.4) is 0 Å². The molecule has 0 aliphatic heterocycles. The molecule has 4 heteroatoms. The van der Waals surface area contributed by atoms with Gasteiger partial charge in [0.05, 0.1) is 0 Å². The normalized spacial score (nSPS) is 13.9. The number of aromatic nitrogens is 1. The molecule has 3 aromatic rings. The molecule has 1 heterocycles. The summed E-state index contributed by atoms with van der Waals surface area (Å²) in [4.78, 5) is 27.6. The van der Waals surface area contributed by atoms with Gasteiger partial charge in [-0.25, -0.2) is 0 Å². The number of aromatic amines is 1. The predicted molar refractivity (Wildman–Crippen MR) is 89.7 cm³/mol. The van der Waals surface area contributed by atoms with Gasteiger partial charge >= 0.3 is 0 Å². The molecule has 0 bridgehead atoms. The average Bonchev–Trinajstić information content (AvgIpc) is 2.97. The predicted octanol–water partition coefficient (Wildman–Crippen LogP) is 2.43. The second-order valence-electron chi connectivity index (χ2n) is 5.94. The lowest BCUT2D eigenvalue weighted by atomic mass is 10.1. The first-order valence-corrected chi connectivity index (χ1v) is 7.70. The van der Waals surface area contributed by atoms with Crippen molar-refractivity contribution in [2.75, 3.05) is 0 Å². The molecule has 1 aromatic heterocycles. The summed E-state index contributed by atoms with van der Waals surface area (Å²) in [6.45, 7) is 0. The van der Waals surface area contributed by atoms with Crippen LogP contribution in [-0.2, 0) is 12.8 Å². The lowest BCUT2D eigenvalue weighted by Gasteiger charge is -2.12. The third kappa shape index (κ3) is 2.52. The molecule has 4 nitrogen and oxygen atoms in total. The summed E-state index contributed by atoms with van der Waals surface area (Å²) in [5, 5.41) is 3.62. The van der Waals surface area contributed by atoms with Crippen molar-refractivity contribution in [1.29, 1.82) is 0 Å². The quantitative estimate of drug-likeness (QED) is 0.764. The van der Waals surface area contributed by atoms with Gasteiger partial charge in [0.2, 0.25) is 0 Å². The number of fused-ring (bicyclic) bond motifs is 2. The van der Waals surface area contributed by atoms with Gasteiger partial charge in [-0.05, 0) is 36.1 Å². The van der Waals surface area contributed by atoms with Crippen LogP contribution in [0.1, 0.15) is 21.6 Å². The molecule has 0 saturated carbocycles. The number of hydrogen-bond donors (Lipinski definition) is 2. The Morgan fingerprint density at radius 2 is 1.65 bits per heavy atom. The molecule has 0 spiro atoms. The molecule has 2 N–H and O–H groups in total. The number of benzene rings is 2. The SMILES string of the molecule is O=C(NC1Cc2ccccc2C1)c1cc(=O)c2ccccc2[nH]1. The van der Waals surface area contributed by atoms with Gasteiger partial charge in [0.25, 0.3) is 5.91 Å². The van der Waals surface area contributed by atoms with E-state index in [1.165, 1.54) is 17.2 Å². The van der Waals surface area contributed by atoms with Crippen LogP contribution < -0.4 is 10.7 Å². The Balaban J connectivity index is 1.58. The van der Waals surface area contributed by atoms with E-state index in [0.717, 1.165) is 12.8 Å². The molecule has 1 aliphatic rings. The summed E-state index contributed by atoms with van der Waals surface area (Å²) in [6, 6.07) is 16.9. The first-order valence-electron chi connectivity index (χ1n) is 7.70. The molecule has 4 rings (SSSR count). The monoisotopic (exact) mass is 304 g/mol. The van der Waals surface area contributed by atoms with Crippen molar-refractivity contribution < 1.29 is 4.79 Å². The van der Waals surface area contributed by atoms with Gasteiger partial charge in [-0.2, -0.15) is 0 Å². The van der Waals surface area contributed by atoms with E-state index in [1.54, 1.807) is 12.1 Å². The van der Waals surface area contributed by atoms with Crippen LogP contribution in [0.25, 0.3) is 10.9 Å². The Morgan fingerprint density at radius 1 is 1.00 bits per heavy atom. The van der Waals surface area contributed by atoms with Crippen molar-refractivity contribution in [3.05, 3.63) is 81.6 Å². The first-order chi connectivity index (χ1) is 11.2. The highest BCUT2D eigenvalue weighted by Gasteiger charge is 2.23. The second-order valence-corrected chi connectivity index (χ2v) is 5.94. The van der Waals surface area contributed by atoms with E-state index in [2.05, 4.69) is 22.4 Å². The third-order valence-electron chi connectivity index (χ3n) is 4.37.